The van der Waals surface area contributed by atoms with E-state index in [2.05, 4.69) is 17.9 Å². The lowest BCUT2D eigenvalue weighted by atomic mass is 10.7. The molecule has 0 aromatic carbocycles. The van der Waals surface area contributed by atoms with Crippen LogP contribution in [-0.2, 0) is 4.79 Å². The summed E-state index contributed by atoms with van der Waals surface area (Å²) in [4.78, 5) is 10.1. The topological polar surface area (TPSA) is 29.1 Å². The molecule has 0 bridgehead atoms. The van der Waals surface area contributed by atoms with Gasteiger partial charge in [0.15, 0.2) is 6.29 Å². The molecule has 0 aliphatic rings. The number of hydrogen-bond acceptors (Lipinski definition) is 3. The van der Waals surface area contributed by atoms with Gasteiger partial charge in [0.1, 0.15) is 0 Å². The molecule has 7 heavy (non-hydrogen) atoms. The van der Waals surface area contributed by atoms with Crippen LogP contribution in [0.15, 0.2) is 11.1 Å². The first kappa shape index (κ1) is 6.56. The van der Waals surface area contributed by atoms with Gasteiger partial charge in [-0.25, -0.2) is 0 Å². The van der Waals surface area contributed by atoms with E-state index in [4.69, 9.17) is 0 Å². The Kier molecular flexibility index (Phi) is 3.50. The molecule has 0 unspecified atom stereocenters. The summed E-state index contributed by atoms with van der Waals surface area (Å²) in [6.45, 7) is 0. The van der Waals surface area contributed by atoms with Gasteiger partial charge in [-0.2, -0.15) is 0 Å². The van der Waals surface area contributed by atoms with E-state index >= 15 is 0 Å². The van der Waals surface area contributed by atoms with Crippen molar-refractivity contribution < 1.29 is 4.79 Å². The molecule has 0 saturated heterocycles. The quantitative estimate of drug-likeness (QED) is 0.307. The van der Waals surface area contributed by atoms with Crippen molar-refractivity contribution in [2.45, 2.75) is 0 Å². The molecule has 3 heteroatoms. The SMILES string of the molecule is CN/C=C(\S)C=O. The molecule has 0 amide bonds. The van der Waals surface area contributed by atoms with Crippen molar-refractivity contribution in [2.75, 3.05) is 7.05 Å². The van der Waals surface area contributed by atoms with Gasteiger partial charge in [-0.05, 0) is 0 Å². The second kappa shape index (κ2) is 3.74. The predicted molar refractivity (Wildman–Crippen MR) is 32.2 cm³/mol. The Morgan fingerprint density at radius 2 is 2.43 bits per heavy atom. The molecule has 0 aromatic heterocycles. The van der Waals surface area contributed by atoms with Gasteiger partial charge in [0, 0.05) is 13.2 Å². The van der Waals surface area contributed by atoms with Crippen molar-refractivity contribution in [3.63, 3.8) is 0 Å². The van der Waals surface area contributed by atoms with Crippen molar-refractivity contribution in [1.82, 2.24) is 5.32 Å². The largest absolute Gasteiger partial charge is 0.393 e. The maximum absolute atomic E-state index is 9.71. The number of thiol groups is 1. The number of rotatable bonds is 2. The molecule has 1 N–H and O–H groups in total. The Hall–Kier alpha value is -0.440. The molecule has 0 atom stereocenters. The van der Waals surface area contributed by atoms with Crippen LogP contribution in [-0.4, -0.2) is 13.3 Å². The van der Waals surface area contributed by atoms with Gasteiger partial charge in [-0.1, -0.05) is 0 Å². The average molecular weight is 117 g/mol. The maximum atomic E-state index is 9.71. The lowest BCUT2D eigenvalue weighted by Gasteiger charge is -1.83. The van der Waals surface area contributed by atoms with E-state index in [0.29, 0.717) is 11.2 Å². The first-order chi connectivity index (χ1) is 3.31. The van der Waals surface area contributed by atoms with Crippen LogP contribution in [0, 0.1) is 0 Å². The number of aldehydes is 1. The Labute approximate surface area is 48.0 Å². The van der Waals surface area contributed by atoms with E-state index in [1.54, 1.807) is 7.05 Å². The fraction of sp³-hybridized carbons (Fsp3) is 0.250. The molecule has 0 heterocycles. The summed E-state index contributed by atoms with van der Waals surface area (Å²) in [5.74, 6) is 0. The van der Waals surface area contributed by atoms with E-state index in [-0.39, 0.29) is 0 Å². The van der Waals surface area contributed by atoms with Gasteiger partial charge in [0.2, 0.25) is 0 Å². The number of allylic oxidation sites excluding steroid dienone is 1. The lowest BCUT2D eigenvalue weighted by molar-refractivity contribution is -0.104. The summed E-state index contributed by atoms with van der Waals surface area (Å²) in [6, 6.07) is 0. The van der Waals surface area contributed by atoms with Crippen molar-refractivity contribution in [2.24, 2.45) is 0 Å². The van der Waals surface area contributed by atoms with Crippen LogP contribution in [0.4, 0.5) is 0 Å². The van der Waals surface area contributed by atoms with Gasteiger partial charge in [0.05, 0.1) is 4.91 Å². The first-order valence-corrected chi connectivity index (χ1v) is 2.27. The number of nitrogens with one attached hydrogen (secondary N) is 1. The van der Waals surface area contributed by atoms with Gasteiger partial charge in [0.25, 0.3) is 0 Å². The van der Waals surface area contributed by atoms with Crippen LogP contribution in [0.1, 0.15) is 0 Å². The predicted octanol–water partition coefficient (Wildman–Crippen LogP) is 0.176. The highest BCUT2D eigenvalue weighted by atomic mass is 32.1. The van der Waals surface area contributed by atoms with Crippen LogP contribution in [0.25, 0.3) is 0 Å². The molecule has 0 aliphatic carbocycles. The van der Waals surface area contributed by atoms with Crippen LogP contribution in [0.3, 0.4) is 0 Å². The summed E-state index contributed by atoms with van der Waals surface area (Å²) < 4.78 is 0. The Balaban J connectivity index is 3.49. The summed E-state index contributed by atoms with van der Waals surface area (Å²) >= 11 is 3.74. The third-order valence-electron chi connectivity index (χ3n) is 0.413. The smallest absolute Gasteiger partial charge is 0.157 e. The molecule has 0 aromatic rings. The van der Waals surface area contributed by atoms with E-state index in [1.165, 1.54) is 6.20 Å². The molecular formula is C4H7NOS. The monoisotopic (exact) mass is 117 g/mol. The summed E-state index contributed by atoms with van der Waals surface area (Å²) in [5, 5.41) is 2.65. The van der Waals surface area contributed by atoms with Crippen molar-refractivity contribution in [3.8, 4) is 0 Å². The Morgan fingerprint density at radius 3 is 2.57 bits per heavy atom. The van der Waals surface area contributed by atoms with Crippen LogP contribution in [0.2, 0.25) is 0 Å². The molecule has 0 aliphatic heterocycles. The Morgan fingerprint density at radius 1 is 1.86 bits per heavy atom. The third kappa shape index (κ3) is 3.39. The summed E-state index contributed by atoms with van der Waals surface area (Å²) in [5.41, 5.74) is 0. The van der Waals surface area contributed by atoms with Gasteiger partial charge >= 0.3 is 0 Å². The second-order valence-corrected chi connectivity index (χ2v) is 1.49. The molecular weight excluding hydrogens is 110 g/mol. The molecule has 0 rings (SSSR count). The normalized spacial score (nSPS) is 10.9. The van der Waals surface area contributed by atoms with Crippen molar-refractivity contribution in [1.29, 1.82) is 0 Å². The Bertz CT molecular complexity index is 89.7. The second-order valence-electron chi connectivity index (χ2n) is 0.976. The highest BCUT2D eigenvalue weighted by molar-refractivity contribution is 7.85. The molecule has 0 radical (unpaired) electrons. The third-order valence-corrected chi connectivity index (χ3v) is 0.647. The minimum absolute atomic E-state index is 0.405. The fourth-order valence-electron chi connectivity index (χ4n) is 0.182. The first-order valence-electron chi connectivity index (χ1n) is 1.83. The zero-order valence-corrected chi connectivity index (χ0v) is 4.90. The fourth-order valence-corrected chi connectivity index (χ4v) is 0.311. The zero-order valence-electron chi connectivity index (χ0n) is 4.01. The molecule has 2 nitrogen and oxygen atoms in total. The van der Waals surface area contributed by atoms with Crippen LogP contribution < -0.4 is 5.32 Å². The summed E-state index contributed by atoms with van der Waals surface area (Å²) in [7, 11) is 1.71. The zero-order chi connectivity index (χ0) is 5.70. The van der Waals surface area contributed by atoms with Gasteiger partial charge < -0.3 is 5.32 Å². The molecule has 0 fully saturated rings. The standard InChI is InChI=1S/C4H7NOS/c1-5-2-4(7)3-6/h2-3,5,7H,1H3/b4-2-. The molecule has 0 saturated carbocycles. The minimum atomic E-state index is 0.405. The summed E-state index contributed by atoms with van der Waals surface area (Å²) in [6.07, 6.45) is 2.18. The highest BCUT2D eigenvalue weighted by Gasteiger charge is 1.77. The average Bonchev–Trinajstić information content (AvgIpc) is 1.68. The van der Waals surface area contributed by atoms with Crippen molar-refractivity contribution >= 4 is 18.9 Å². The minimum Gasteiger partial charge on any atom is -0.393 e. The lowest BCUT2D eigenvalue weighted by Crippen LogP contribution is -1.93. The van der Waals surface area contributed by atoms with E-state index in [0.717, 1.165) is 0 Å². The van der Waals surface area contributed by atoms with Crippen LogP contribution in [0.5, 0.6) is 0 Å². The van der Waals surface area contributed by atoms with E-state index < -0.39 is 0 Å². The maximum Gasteiger partial charge on any atom is 0.157 e. The van der Waals surface area contributed by atoms with Crippen molar-refractivity contribution in [3.05, 3.63) is 11.1 Å². The number of hydrogen-bond donors (Lipinski definition) is 2. The van der Waals surface area contributed by atoms with Crippen LogP contribution >= 0.6 is 12.6 Å². The number of carbonyl (C=O) groups excluding carboxylic acids is 1. The molecule has 40 valence electrons. The number of carbonyl (C=O) groups is 1. The van der Waals surface area contributed by atoms with E-state index in [1.807, 2.05) is 0 Å². The molecule has 0 spiro atoms. The van der Waals surface area contributed by atoms with Gasteiger partial charge in [-0.15, -0.1) is 12.6 Å². The van der Waals surface area contributed by atoms with Gasteiger partial charge in [-0.3, -0.25) is 4.79 Å². The van der Waals surface area contributed by atoms with E-state index in [9.17, 15) is 4.79 Å². The highest BCUT2D eigenvalue weighted by Crippen LogP contribution is 1.89.